The smallest absolute Gasteiger partial charge is 0.344 e. The summed E-state index contributed by atoms with van der Waals surface area (Å²) in [4.78, 5) is 11.8. The highest BCUT2D eigenvalue weighted by Crippen LogP contribution is 2.23. The number of hydrogen-bond acceptors (Lipinski definition) is 4. The second-order valence-electron chi connectivity index (χ2n) is 6.13. The van der Waals surface area contributed by atoms with Crippen molar-refractivity contribution in [1.82, 2.24) is 4.72 Å². The molecule has 0 unspecified atom stereocenters. The summed E-state index contributed by atoms with van der Waals surface area (Å²) in [6, 6.07) is 3.13. The Kier molecular flexibility index (Phi) is 7.19. The zero-order valence-electron chi connectivity index (χ0n) is 14.8. The molecule has 0 aromatic heterocycles. The highest BCUT2D eigenvalue weighted by Gasteiger charge is 2.25. The van der Waals surface area contributed by atoms with Crippen LogP contribution in [0.4, 0.5) is 0 Å². The summed E-state index contributed by atoms with van der Waals surface area (Å²) in [5.74, 6) is -0.606. The van der Waals surface area contributed by atoms with Gasteiger partial charge in [0.05, 0.1) is 12.0 Å². The first-order valence-corrected chi connectivity index (χ1v) is 9.83. The van der Waals surface area contributed by atoms with Crippen LogP contribution in [0.15, 0.2) is 27.6 Å². The fourth-order valence-corrected chi connectivity index (χ4v) is 4.74. The molecule has 1 rings (SSSR count). The number of ether oxygens (including phenoxy) is 1. The average Bonchev–Trinajstić information content (AvgIpc) is 2.43. The molecule has 0 aliphatic rings. The topological polar surface area (TPSA) is 72.5 Å². The van der Waals surface area contributed by atoms with Crippen molar-refractivity contribution in [2.75, 3.05) is 7.11 Å². The van der Waals surface area contributed by atoms with Crippen molar-refractivity contribution < 1.29 is 17.9 Å². The first-order valence-electron chi connectivity index (χ1n) is 7.55. The minimum atomic E-state index is -3.73. The van der Waals surface area contributed by atoms with Gasteiger partial charge in [-0.15, -0.1) is 0 Å². The first kappa shape index (κ1) is 20.9. The lowest BCUT2D eigenvalue weighted by Crippen LogP contribution is -2.38. The molecule has 0 fully saturated rings. The van der Waals surface area contributed by atoms with E-state index in [4.69, 9.17) is 0 Å². The summed E-state index contributed by atoms with van der Waals surface area (Å²) < 4.78 is 33.2. The minimum absolute atomic E-state index is 0.0527. The van der Waals surface area contributed by atoms with E-state index in [1.807, 2.05) is 32.9 Å². The molecule has 5 nitrogen and oxygen atoms in total. The quantitative estimate of drug-likeness (QED) is 0.568. The highest BCUT2D eigenvalue weighted by atomic mass is 79.9. The molecule has 1 aromatic rings. The van der Waals surface area contributed by atoms with Crippen molar-refractivity contribution in [3.63, 3.8) is 0 Å². The number of carbonyl (C=O) groups excluding carboxylic acids is 1. The molecule has 1 aromatic carbocycles. The van der Waals surface area contributed by atoms with Gasteiger partial charge in [-0.3, -0.25) is 0 Å². The molecular weight excluding hydrogens is 394 g/mol. The van der Waals surface area contributed by atoms with Crippen molar-refractivity contribution >= 4 is 31.9 Å². The van der Waals surface area contributed by atoms with Crippen LogP contribution >= 0.6 is 15.9 Å². The van der Waals surface area contributed by atoms with Gasteiger partial charge in [0.15, 0.2) is 0 Å². The van der Waals surface area contributed by atoms with Gasteiger partial charge in [-0.05, 0) is 59.8 Å². The monoisotopic (exact) mass is 417 g/mol. The summed E-state index contributed by atoms with van der Waals surface area (Å²) >= 11 is 3.13. The summed E-state index contributed by atoms with van der Waals surface area (Å²) in [6.45, 7) is 9.22. The number of esters is 1. The second-order valence-corrected chi connectivity index (χ2v) is 8.63. The Labute approximate surface area is 152 Å². The summed E-state index contributed by atoms with van der Waals surface area (Å²) in [7, 11) is -2.46. The van der Waals surface area contributed by atoms with Gasteiger partial charge in [-0.1, -0.05) is 31.5 Å². The fourth-order valence-electron chi connectivity index (χ4n) is 2.51. The molecule has 7 heteroatoms. The zero-order valence-corrected chi connectivity index (χ0v) is 17.2. The minimum Gasteiger partial charge on any atom is -0.465 e. The maximum absolute atomic E-state index is 12.8. The van der Waals surface area contributed by atoms with Crippen LogP contribution in [0.3, 0.4) is 0 Å². The molecular formula is C17H24BrNO4S. The lowest BCUT2D eigenvalue weighted by molar-refractivity contribution is -0.135. The Bertz CT molecular complexity index is 731. The molecule has 0 aliphatic carbocycles. The Balaban J connectivity index is 3.26. The van der Waals surface area contributed by atoms with Crippen molar-refractivity contribution in [3.8, 4) is 0 Å². The maximum Gasteiger partial charge on any atom is 0.344 e. The van der Waals surface area contributed by atoms with Crippen molar-refractivity contribution in [3.05, 3.63) is 39.4 Å². The molecule has 24 heavy (non-hydrogen) atoms. The lowest BCUT2D eigenvalue weighted by atomic mass is 10.1. The first-order chi connectivity index (χ1) is 11.0. The average molecular weight is 418 g/mol. The molecule has 1 atom stereocenters. The predicted octanol–water partition coefficient (Wildman–Crippen LogP) is 3.37. The third-order valence-electron chi connectivity index (χ3n) is 3.59. The molecule has 0 bridgehead atoms. The van der Waals surface area contributed by atoms with E-state index in [2.05, 4.69) is 25.4 Å². The third-order valence-corrected chi connectivity index (χ3v) is 5.94. The summed E-state index contributed by atoms with van der Waals surface area (Å²) in [6.07, 6.45) is 1.52. The van der Waals surface area contributed by atoms with Gasteiger partial charge < -0.3 is 4.74 Å². The Hall–Kier alpha value is -1.18. The van der Waals surface area contributed by atoms with E-state index in [0.29, 0.717) is 11.1 Å². The van der Waals surface area contributed by atoms with E-state index in [1.165, 1.54) is 13.2 Å². The lowest BCUT2D eigenvalue weighted by Gasteiger charge is -2.21. The van der Waals surface area contributed by atoms with Crippen LogP contribution in [-0.4, -0.2) is 27.5 Å². The van der Waals surface area contributed by atoms with Crippen LogP contribution in [0, 0.1) is 26.7 Å². The molecule has 0 saturated carbocycles. The van der Waals surface area contributed by atoms with Gasteiger partial charge >= 0.3 is 5.97 Å². The number of sulfonamides is 1. The van der Waals surface area contributed by atoms with E-state index in [1.54, 1.807) is 13.8 Å². The number of methoxy groups -OCH3 is 1. The largest absolute Gasteiger partial charge is 0.465 e. The van der Waals surface area contributed by atoms with Crippen LogP contribution in [0.2, 0.25) is 0 Å². The van der Waals surface area contributed by atoms with E-state index in [0.717, 1.165) is 5.56 Å². The molecule has 0 spiro atoms. The number of carbonyl (C=O) groups is 1. The number of benzene rings is 1. The normalized spacial score (nSPS) is 13.9. The van der Waals surface area contributed by atoms with Gasteiger partial charge in [0.1, 0.15) is 4.48 Å². The van der Waals surface area contributed by atoms with Crippen LogP contribution in [0.5, 0.6) is 0 Å². The number of nitrogens with one attached hydrogen (secondary N) is 1. The van der Waals surface area contributed by atoms with Gasteiger partial charge in [0.2, 0.25) is 10.0 Å². The summed E-state index contributed by atoms with van der Waals surface area (Å²) in [5, 5.41) is 0. The maximum atomic E-state index is 12.8. The molecule has 1 N–H and O–H groups in total. The molecule has 0 heterocycles. The van der Waals surface area contributed by atoms with Gasteiger partial charge in [0.25, 0.3) is 0 Å². The fraction of sp³-hybridized carbons (Fsp3) is 0.471. The van der Waals surface area contributed by atoms with Crippen molar-refractivity contribution in [2.24, 2.45) is 5.92 Å². The number of aryl methyl sites for hydroxylation is 3. The zero-order chi connectivity index (χ0) is 18.7. The van der Waals surface area contributed by atoms with E-state index >= 15 is 0 Å². The Morgan fingerprint density at radius 3 is 2.12 bits per heavy atom. The van der Waals surface area contributed by atoms with Crippen molar-refractivity contribution in [2.45, 2.75) is 45.6 Å². The standard InChI is InChI=1S/C17H24BrNO4S/c1-10(2)15(9-14(18)17(20)23-6)19-24(21,22)16-12(4)7-11(3)8-13(16)5/h7-10,15,19H,1-6H3/b14-9-/t15-/m1/s1. The van der Waals surface area contributed by atoms with Crippen molar-refractivity contribution in [1.29, 1.82) is 0 Å². The number of rotatable bonds is 6. The molecule has 0 saturated heterocycles. The molecule has 0 aliphatic heterocycles. The third kappa shape index (κ3) is 5.16. The summed E-state index contributed by atoms with van der Waals surface area (Å²) in [5.41, 5.74) is 2.40. The number of halogens is 1. The van der Waals surface area contributed by atoms with Crippen LogP contribution in [0.25, 0.3) is 0 Å². The van der Waals surface area contributed by atoms with Gasteiger partial charge in [-0.25, -0.2) is 17.9 Å². The molecule has 134 valence electrons. The van der Waals surface area contributed by atoms with E-state index in [-0.39, 0.29) is 15.3 Å². The SMILES string of the molecule is COC(=O)/C(Br)=C/[C@@H](NS(=O)(=O)c1c(C)cc(C)cc1C)C(C)C. The molecule has 0 radical (unpaired) electrons. The van der Waals surface area contributed by atoms with Crippen LogP contribution in [0.1, 0.15) is 30.5 Å². The highest BCUT2D eigenvalue weighted by molar-refractivity contribution is 9.12. The predicted molar refractivity (Wildman–Crippen MR) is 98.6 cm³/mol. The van der Waals surface area contributed by atoms with E-state index < -0.39 is 22.0 Å². The Morgan fingerprint density at radius 1 is 1.21 bits per heavy atom. The Morgan fingerprint density at radius 2 is 1.71 bits per heavy atom. The van der Waals surface area contributed by atoms with Crippen LogP contribution < -0.4 is 4.72 Å². The van der Waals surface area contributed by atoms with Gasteiger partial charge in [0, 0.05) is 6.04 Å². The van der Waals surface area contributed by atoms with E-state index in [9.17, 15) is 13.2 Å². The van der Waals surface area contributed by atoms with Crippen LogP contribution in [-0.2, 0) is 19.6 Å². The molecule has 0 amide bonds. The second kappa shape index (κ2) is 8.27. The number of hydrogen-bond donors (Lipinski definition) is 1. The van der Waals surface area contributed by atoms with Gasteiger partial charge in [-0.2, -0.15) is 0 Å².